The highest BCUT2D eigenvalue weighted by molar-refractivity contribution is 7.15. The first-order chi connectivity index (χ1) is 17.2. The van der Waals surface area contributed by atoms with Gasteiger partial charge >= 0.3 is 5.56 Å². The van der Waals surface area contributed by atoms with E-state index in [1.165, 1.54) is 20.9 Å². The molecule has 0 bridgehead atoms. The highest BCUT2D eigenvalue weighted by Crippen LogP contribution is 2.33. The van der Waals surface area contributed by atoms with E-state index in [-0.39, 0.29) is 11.2 Å². The highest BCUT2D eigenvalue weighted by atomic mass is 32.1. The molecule has 10 heteroatoms. The van der Waals surface area contributed by atoms with E-state index in [0.717, 1.165) is 42.0 Å². The number of azo groups is 1. The van der Waals surface area contributed by atoms with Crippen LogP contribution >= 0.6 is 22.7 Å². The van der Waals surface area contributed by atoms with Gasteiger partial charge in [-0.15, -0.1) is 21.6 Å². The molecule has 0 fully saturated rings. The van der Waals surface area contributed by atoms with Crippen molar-refractivity contribution in [1.29, 1.82) is 0 Å². The van der Waals surface area contributed by atoms with Crippen molar-refractivity contribution < 1.29 is 0 Å². The van der Waals surface area contributed by atoms with Crippen LogP contribution in [0.25, 0.3) is 27.6 Å². The Kier molecular flexibility index (Phi) is 5.69. The second-order valence-corrected chi connectivity index (χ2v) is 10.2. The Bertz CT molecular complexity index is 1560. The van der Waals surface area contributed by atoms with Crippen molar-refractivity contribution in [3.8, 4) is 27.6 Å². The molecule has 5 aromatic rings. The third kappa shape index (κ3) is 4.27. The van der Waals surface area contributed by atoms with Crippen LogP contribution in [0.5, 0.6) is 0 Å². The first-order valence-corrected chi connectivity index (χ1v) is 12.9. The van der Waals surface area contributed by atoms with Crippen LogP contribution in [0.2, 0.25) is 0 Å². The quantitative estimate of drug-likeness (QED) is 0.309. The maximum Gasteiger partial charge on any atom is 0.301 e. The summed E-state index contributed by atoms with van der Waals surface area (Å²) in [4.78, 5) is 26.3. The van der Waals surface area contributed by atoms with Gasteiger partial charge in [0.2, 0.25) is 10.3 Å². The number of aromatic amines is 1. The molecule has 1 N–H and O–H groups in total. The van der Waals surface area contributed by atoms with Crippen molar-refractivity contribution in [2.75, 3.05) is 13.6 Å². The van der Waals surface area contributed by atoms with Crippen molar-refractivity contribution >= 4 is 33.5 Å². The Morgan fingerprint density at radius 2 is 1.71 bits per heavy atom. The van der Waals surface area contributed by atoms with Crippen molar-refractivity contribution in [3.05, 3.63) is 87.0 Å². The number of hydrogen-bond donors (Lipinski definition) is 1. The van der Waals surface area contributed by atoms with Crippen molar-refractivity contribution in [2.24, 2.45) is 10.2 Å². The molecule has 0 radical (unpaired) electrons. The summed E-state index contributed by atoms with van der Waals surface area (Å²) in [5, 5.41) is 15.0. The summed E-state index contributed by atoms with van der Waals surface area (Å²) < 4.78 is 1.44. The Hall–Kier alpha value is -3.73. The second-order valence-electron chi connectivity index (χ2n) is 8.28. The molecule has 1 aliphatic rings. The zero-order valence-corrected chi connectivity index (χ0v) is 20.5. The molecule has 8 nitrogen and oxygen atoms in total. The van der Waals surface area contributed by atoms with Gasteiger partial charge in [-0.1, -0.05) is 72.0 Å². The largest absolute Gasteiger partial charge is 0.301 e. The average Bonchev–Trinajstić information content (AvgIpc) is 3.61. The SMILES string of the molecule is CN1CCc2sc(N=Nc3c(-c4ccccc4)[nH]n(-c4nc(-c5ccccc5)cs4)c3=O)nc2C1. The van der Waals surface area contributed by atoms with Crippen LogP contribution in [-0.2, 0) is 13.0 Å². The van der Waals surface area contributed by atoms with Crippen molar-refractivity contribution in [3.63, 3.8) is 0 Å². The van der Waals surface area contributed by atoms with Gasteiger partial charge < -0.3 is 4.90 Å². The smallest absolute Gasteiger partial charge is 0.300 e. The van der Waals surface area contributed by atoms with Gasteiger partial charge in [0.05, 0.1) is 17.1 Å². The van der Waals surface area contributed by atoms with Gasteiger partial charge in [-0.05, 0) is 13.5 Å². The van der Waals surface area contributed by atoms with Crippen LogP contribution in [0.1, 0.15) is 10.6 Å². The predicted octanol–water partition coefficient (Wildman–Crippen LogP) is 5.82. The second kappa shape index (κ2) is 9.14. The molecular formula is C25H21N7OS2. The molecule has 174 valence electrons. The van der Waals surface area contributed by atoms with Crippen LogP contribution in [0.4, 0.5) is 10.8 Å². The molecule has 0 saturated heterocycles. The molecule has 0 spiro atoms. The third-order valence-electron chi connectivity index (χ3n) is 5.82. The van der Waals surface area contributed by atoms with Crippen LogP contribution in [0.15, 0.2) is 81.1 Å². The van der Waals surface area contributed by atoms with Gasteiger partial charge in [0, 0.05) is 34.5 Å². The number of hydrogen-bond acceptors (Lipinski definition) is 8. The van der Waals surface area contributed by atoms with Crippen molar-refractivity contribution in [2.45, 2.75) is 13.0 Å². The van der Waals surface area contributed by atoms with Gasteiger partial charge in [-0.25, -0.2) is 9.97 Å². The van der Waals surface area contributed by atoms with Crippen LogP contribution in [0, 0.1) is 0 Å². The van der Waals surface area contributed by atoms with E-state index >= 15 is 0 Å². The van der Waals surface area contributed by atoms with E-state index in [0.29, 0.717) is 16.0 Å². The highest BCUT2D eigenvalue weighted by Gasteiger charge is 2.21. The number of nitrogens with zero attached hydrogens (tertiary/aromatic N) is 6. The van der Waals surface area contributed by atoms with Gasteiger partial charge in [0.25, 0.3) is 0 Å². The number of likely N-dealkylation sites (N-methyl/N-ethyl adjacent to an activating group) is 1. The molecule has 1 aliphatic heterocycles. The van der Waals surface area contributed by atoms with Gasteiger partial charge in [0.1, 0.15) is 0 Å². The molecule has 0 atom stereocenters. The summed E-state index contributed by atoms with van der Waals surface area (Å²) in [5.41, 5.74) is 4.23. The molecule has 0 amide bonds. The van der Waals surface area contributed by atoms with Gasteiger partial charge in [-0.2, -0.15) is 4.68 Å². The lowest BCUT2D eigenvalue weighted by atomic mass is 10.1. The van der Waals surface area contributed by atoms with Crippen molar-refractivity contribution in [1.82, 2.24) is 24.6 Å². The predicted molar refractivity (Wildman–Crippen MR) is 139 cm³/mol. The maximum absolute atomic E-state index is 13.5. The molecule has 3 aromatic heterocycles. The third-order valence-corrected chi connectivity index (χ3v) is 7.69. The van der Waals surface area contributed by atoms with E-state index in [9.17, 15) is 4.79 Å². The Morgan fingerprint density at radius 3 is 2.49 bits per heavy atom. The number of H-pyrrole nitrogens is 1. The normalized spacial score (nSPS) is 14.0. The fraction of sp³-hybridized carbons (Fsp3) is 0.160. The number of thiazole rings is 2. The lowest BCUT2D eigenvalue weighted by Crippen LogP contribution is -2.25. The molecule has 0 unspecified atom stereocenters. The number of nitrogens with one attached hydrogen (secondary N) is 1. The van der Waals surface area contributed by atoms with Crippen LogP contribution in [0.3, 0.4) is 0 Å². The molecule has 2 aromatic carbocycles. The molecule has 6 rings (SSSR count). The number of rotatable bonds is 5. The lowest BCUT2D eigenvalue weighted by molar-refractivity contribution is 0.311. The summed E-state index contributed by atoms with van der Waals surface area (Å²) in [6.45, 7) is 1.81. The molecule has 0 saturated carbocycles. The standard InChI is InChI=1S/C25H21N7OS2/c1-31-13-12-20-18(14-31)26-24(35-20)29-28-22-21(17-10-6-3-7-11-17)30-32(23(22)33)25-27-19(15-34-25)16-8-4-2-5-9-16/h2-11,15,30H,12-14H2,1H3. The van der Waals surface area contributed by atoms with E-state index < -0.39 is 0 Å². The number of fused-ring (bicyclic) bond motifs is 1. The average molecular weight is 500 g/mol. The molecule has 35 heavy (non-hydrogen) atoms. The monoisotopic (exact) mass is 499 g/mol. The first kappa shape index (κ1) is 21.8. The molecule has 0 aliphatic carbocycles. The van der Waals surface area contributed by atoms with Crippen LogP contribution < -0.4 is 5.56 Å². The molecular weight excluding hydrogens is 478 g/mol. The zero-order chi connectivity index (χ0) is 23.8. The van der Waals surface area contributed by atoms with E-state index in [4.69, 9.17) is 4.98 Å². The Labute approximate surface area is 209 Å². The minimum absolute atomic E-state index is 0.234. The number of benzene rings is 2. The summed E-state index contributed by atoms with van der Waals surface area (Å²) >= 11 is 2.94. The Morgan fingerprint density at radius 1 is 0.971 bits per heavy atom. The van der Waals surface area contributed by atoms with Gasteiger partial charge in [0.15, 0.2) is 5.69 Å². The fourth-order valence-corrected chi connectivity index (χ4v) is 5.69. The molecule has 4 heterocycles. The summed E-state index contributed by atoms with van der Waals surface area (Å²) in [5.74, 6) is 0. The fourth-order valence-electron chi connectivity index (χ4n) is 4.02. The summed E-state index contributed by atoms with van der Waals surface area (Å²) in [6.07, 6.45) is 0.957. The minimum Gasteiger partial charge on any atom is -0.300 e. The van der Waals surface area contributed by atoms with E-state index in [1.807, 2.05) is 66.0 Å². The zero-order valence-electron chi connectivity index (χ0n) is 18.9. The Balaban J connectivity index is 1.41. The van der Waals surface area contributed by atoms with Crippen LogP contribution in [-0.4, -0.2) is 38.2 Å². The minimum atomic E-state index is -0.303. The van der Waals surface area contributed by atoms with E-state index in [1.54, 1.807) is 11.3 Å². The van der Waals surface area contributed by atoms with Gasteiger partial charge in [-0.3, -0.25) is 9.89 Å². The first-order valence-electron chi connectivity index (χ1n) is 11.2. The number of aromatic nitrogens is 4. The summed E-state index contributed by atoms with van der Waals surface area (Å²) in [6, 6.07) is 19.5. The van der Waals surface area contributed by atoms with E-state index in [2.05, 4.69) is 32.3 Å². The summed E-state index contributed by atoms with van der Waals surface area (Å²) in [7, 11) is 2.08. The topological polar surface area (TPSA) is 91.5 Å². The lowest BCUT2D eigenvalue weighted by Gasteiger charge is -2.20. The maximum atomic E-state index is 13.5.